The van der Waals surface area contributed by atoms with E-state index in [1.54, 1.807) is 0 Å². The number of rotatable bonds is 6. The van der Waals surface area contributed by atoms with Crippen molar-refractivity contribution in [3.8, 4) is 0 Å². The standard InChI is InChI=1S/C16H17NO/c18-13-15-8-10-16(11-9-15)17-12-4-7-14-5-2-1-3-6-14/h1-3,5-6,8-11,13,17H,4,7,12H2. The van der Waals surface area contributed by atoms with Crippen LogP contribution in [0.5, 0.6) is 0 Å². The smallest absolute Gasteiger partial charge is 0.150 e. The van der Waals surface area contributed by atoms with Crippen LogP contribution in [-0.2, 0) is 6.42 Å². The molecule has 0 aromatic heterocycles. The lowest BCUT2D eigenvalue weighted by Gasteiger charge is -2.06. The van der Waals surface area contributed by atoms with Crippen LogP contribution < -0.4 is 5.32 Å². The van der Waals surface area contributed by atoms with Crippen LogP contribution in [-0.4, -0.2) is 12.8 Å². The van der Waals surface area contributed by atoms with E-state index in [-0.39, 0.29) is 0 Å². The Balaban J connectivity index is 1.73. The van der Waals surface area contributed by atoms with Crippen LogP contribution in [0.1, 0.15) is 22.3 Å². The molecule has 0 spiro atoms. The summed E-state index contributed by atoms with van der Waals surface area (Å²) in [6.07, 6.45) is 3.04. The molecular weight excluding hydrogens is 222 g/mol. The summed E-state index contributed by atoms with van der Waals surface area (Å²) in [7, 11) is 0. The first-order valence-electron chi connectivity index (χ1n) is 6.21. The van der Waals surface area contributed by atoms with E-state index in [2.05, 4.69) is 29.6 Å². The Bertz CT molecular complexity index is 476. The fourth-order valence-electron chi connectivity index (χ4n) is 1.85. The van der Waals surface area contributed by atoms with E-state index in [0.29, 0.717) is 5.56 Å². The van der Waals surface area contributed by atoms with Gasteiger partial charge in [0.15, 0.2) is 0 Å². The average molecular weight is 239 g/mol. The zero-order chi connectivity index (χ0) is 12.6. The average Bonchev–Trinajstić information content (AvgIpc) is 2.45. The summed E-state index contributed by atoms with van der Waals surface area (Å²) in [6, 6.07) is 18.0. The van der Waals surface area contributed by atoms with Crippen molar-refractivity contribution in [3.05, 3.63) is 65.7 Å². The molecule has 2 aromatic rings. The summed E-state index contributed by atoms with van der Waals surface area (Å²) in [5.74, 6) is 0. The van der Waals surface area contributed by atoms with Gasteiger partial charge < -0.3 is 5.32 Å². The molecule has 0 atom stereocenters. The molecule has 0 amide bonds. The second kappa shape index (κ2) is 6.60. The van der Waals surface area contributed by atoms with E-state index in [9.17, 15) is 4.79 Å². The van der Waals surface area contributed by atoms with Crippen LogP contribution in [0, 0.1) is 0 Å². The second-order valence-corrected chi connectivity index (χ2v) is 4.26. The van der Waals surface area contributed by atoms with Gasteiger partial charge in [0.25, 0.3) is 0 Å². The maximum absolute atomic E-state index is 10.5. The lowest BCUT2D eigenvalue weighted by Crippen LogP contribution is -2.02. The molecule has 2 rings (SSSR count). The predicted octanol–water partition coefficient (Wildman–Crippen LogP) is 3.54. The Hall–Kier alpha value is -2.09. The van der Waals surface area contributed by atoms with Gasteiger partial charge in [-0.2, -0.15) is 0 Å². The summed E-state index contributed by atoms with van der Waals surface area (Å²) >= 11 is 0. The molecule has 0 saturated carbocycles. The Morgan fingerprint density at radius 1 is 0.944 bits per heavy atom. The van der Waals surface area contributed by atoms with E-state index in [0.717, 1.165) is 31.4 Å². The van der Waals surface area contributed by atoms with E-state index >= 15 is 0 Å². The molecule has 2 aromatic carbocycles. The van der Waals surface area contributed by atoms with E-state index < -0.39 is 0 Å². The van der Waals surface area contributed by atoms with Gasteiger partial charge >= 0.3 is 0 Å². The SMILES string of the molecule is O=Cc1ccc(NCCCc2ccccc2)cc1. The fraction of sp³-hybridized carbons (Fsp3) is 0.188. The third-order valence-corrected chi connectivity index (χ3v) is 2.86. The molecule has 1 N–H and O–H groups in total. The second-order valence-electron chi connectivity index (χ2n) is 4.26. The van der Waals surface area contributed by atoms with Crippen molar-refractivity contribution in [1.82, 2.24) is 0 Å². The highest BCUT2D eigenvalue weighted by Gasteiger charge is 1.94. The highest BCUT2D eigenvalue weighted by molar-refractivity contribution is 5.75. The van der Waals surface area contributed by atoms with Crippen molar-refractivity contribution in [3.63, 3.8) is 0 Å². The maximum Gasteiger partial charge on any atom is 0.150 e. The summed E-state index contributed by atoms with van der Waals surface area (Å²) in [6.45, 7) is 0.940. The van der Waals surface area contributed by atoms with E-state index in [1.165, 1.54) is 5.56 Å². The van der Waals surface area contributed by atoms with Crippen molar-refractivity contribution in [1.29, 1.82) is 0 Å². The molecule has 2 nitrogen and oxygen atoms in total. The van der Waals surface area contributed by atoms with Crippen molar-refractivity contribution >= 4 is 12.0 Å². The molecule has 0 saturated heterocycles. The number of nitrogens with one attached hydrogen (secondary N) is 1. The van der Waals surface area contributed by atoms with Gasteiger partial charge in [-0.1, -0.05) is 30.3 Å². The first-order valence-corrected chi connectivity index (χ1v) is 6.21. The minimum absolute atomic E-state index is 0.713. The largest absolute Gasteiger partial charge is 0.385 e. The van der Waals surface area contributed by atoms with Crippen molar-refractivity contribution in [2.75, 3.05) is 11.9 Å². The Kier molecular flexibility index (Phi) is 4.53. The van der Waals surface area contributed by atoms with Crippen LogP contribution in [0.2, 0.25) is 0 Å². The van der Waals surface area contributed by atoms with Crippen LogP contribution in [0.25, 0.3) is 0 Å². The van der Waals surface area contributed by atoms with Gasteiger partial charge in [-0.3, -0.25) is 4.79 Å². The predicted molar refractivity (Wildman–Crippen MR) is 75.1 cm³/mol. The summed E-state index contributed by atoms with van der Waals surface area (Å²) in [5.41, 5.74) is 3.15. The van der Waals surface area contributed by atoms with Gasteiger partial charge in [-0.25, -0.2) is 0 Å². The van der Waals surface area contributed by atoms with Gasteiger partial charge in [0, 0.05) is 17.8 Å². The molecule has 0 aliphatic rings. The third kappa shape index (κ3) is 3.74. The van der Waals surface area contributed by atoms with Gasteiger partial charge in [0.05, 0.1) is 0 Å². The summed E-state index contributed by atoms with van der Waals surface area (Å²) in [4.78, 5) is 10.5. The Morgan fingerprint density at radius 3 is 2.33 bits per heavy atom. The molecule has 0 radical (unpaired) electrons. The number of hydrogen-bond acceptors (Lipinski definition) is 2. The van der Waals surface area contributed by atoms with Crippen molar-refractivity contribution in [2.24, 2.45) is 0 Å². The van der Waals surface area contributed by atoms with Crippen LogP contribution >= 0.6 is 0 Å². The molecule has 2 heteroatoms. The zero-order valence-electron chi connectivity index (χ0n) is 10.3. The van der Waals surface area contributed by atoms with Gasteiger partial charge in [0.1, 0.15) is 6.29 Å². The molecule has 18 heavy (non-hydrogen) atoms. The molecular formula is C16H17NO. The molecule has 0 heterocycles. The molecule has 92 valence electrons. The minimum Gasteiger partial charge on any atom is -0.385 e. The molecule has 0 aliphatic carbocycles. The summed E-state index contributed by atoms with van der Waals surface area (Å²) < 4.78 is 0. The minimum atomic E-state index is 0.713. The van der Waals surface area contributed by atoms with Crippen LogP contribution in [0.3, 0.4) is 0 Å². The van der Waals surface area contributed by atoms with Gasteiger partial charge in [-0.05, 0) is 42.7 Å². The lowest BCUT2D eigenvalue weighted by atomic mass is 10.1. The van der Waals surface area contributed by atoms with Gasteiger partial charge in [-0.15, -0.1) is 0 Å². The van der Waals surface area contributed by atoms with E-state index in [4.69, 9.17) is 0 Å². The number of carbonyl (C=O) groups excluding carboxylic acids is 1. The zero-order valence-corrected chi connectivity index (χ0v) is 10.3. The number of anilines is 1. The highest BCUT2D eigenvalue weighted by atomic mass is 16.1. The third-order valence-electron chi connectivity index (χ3n) is 2.86. The number of aryl methyl sites for hydroxylation is 1. The Labute approximate surface area is 108 Å². The van der Waals surface area contributed by atoms with Crippen molar-refractivity contribution in [2.45, 2.75) is 12.8 Å². The Morgan fingerprint density at radius 2 is 1.67 bits per heavy atom. The molecule has 0 unspecified atom stereocenters. The van der Waals surface area contributed by atoms with E-state index in [1.807, 2.05) is 30.3 Å². The van der Waals surface area contributed by atoms with Crippen molar-refractivity contribution < 1.29 is 4.79 Å². The van der Waals surface area contributed by atoms with Gasteiger partial charge in [0.2, 0.25) is 0 Å². The number of aldehydes is 1. The first kappa shape index (κ1) is 12.4. The normalized spacial score (nSPS) is 10.0. The molecule has 0 fully saturated rings. The molecule has 0 aliphatic heterocycles. The maximum atomic E-state index is 10.5. The fourth-order valence-corrected chi connectivity index (χ4v) is 1.85. The molecule has 0 bridgehead atoms. The van der Waals surface area contributed by atoms with Crippen LogP contribution in [0.15, 0.2) is 54.6 Å². The lowest BCUT2D eigenvalue weighted by molar-refractivity contribution is 0.112. The monoisotopic (exact) mass is 239 g/mol. The highest BCUT2D eigenvalue weighted by Crippen LogP contribution is 2.09. The first-order chi connectivity index (χ1) is 8.88. The summed E-state index contributed by atoms with van der Waals surface area (Å²) in [5, 5.41) is 3.35. The number of benzene rings is 2. The number of hydrogen-bond donors (Lipinski definition) is 1. The van der Waals surface area contributed by atoms with Crippen LogP contribution in [0.4, 0.5) is 5.69 Å². The topological polar surface area (TPSA) is 29.1 Å². The number of carbonyl (C=O) groups is 1. The quantitative estimate of drug-likeness (QED) is 0.617.